The number of carbonyl (C=O) groups is 1. The van der Waals surface area contributed by atoms with E-state index < -0.39 is 0 Å². The Kier molecular flexibility index (Phi) is 4.62. The Hall–Kier alpha value is -0.610. The molecule has 1 saturated carbocycles. The molecule has 2 rings (SSSR count). The van der Waals surface area contributed by atoms with Crippen molar-refractivity contribution < 1.29 is 4.79 Å². The van der Waals surface area contributed by atoms with E-state index in [1.807, 2.05) is 0 Å². The average Bonchev–Trinajstić information content (AvgIpc) is 3.10. The number of nitrogens with zero attached hydrogens (tertiary/aromatic N) is 1. The van der Waals surface area contributed by atoms with E-state index in [1.54, 1.807) is 0 Å². The van der Waals surface area contributed by atoms with Crippen molar-refractivity contribution >= 4 is 5.91 Å². The van der Waals surface area contributed by atoms with Gasteiger partial charge in [0.2, 0.25) is 5.91 Å². The molecule has 1 saturated heterocycles. The molecule has 1 aliphatic carbocycles. The molecule has 0 aromatic rings. The van der Waals surface area contributed by atoms with Crippen molar-refractivity contribution in [2.24, 2.45) is 5.73 Å². The van der Waals surface area contributed by atoms with Crippen LogP contribution in [0.2, 0.25) is 0 Å². The predicted octanol–water partition coefficient (Wildman–Crippen LogP) is 1.25. The molecule has 104 valence electrons. The molecule has 1 aliphatic heterocycles. The minimum Gasteiger partial charge on any atom is -0.368 e. The maximum Gasteiger partial charge on any atom is 0.234 e. The SMILES string of the molecule is CC1CCCC(C)N1CCC(NC1CC1)C(N)=O. The number of likely N-dealkylation sites (tertiary alicyclic amines) is 1. The number of hydrogen-bond acceptors (Lipinski definition) is 3. The van der Waals surface area contributed by atoms with E-state index in [9.17, 15) is 4.79 Å². The Morgan fingerprint density at radius 2 is 1.89 bits per heavy atom. The van der Waals surface area contributed by atoms with Crippen molar-refractivity contribution in [2.45, 2.75) is 76.5 Å². The molecule has 2 fully saturated rings. The van der Waals surface area contributed by atoms with Gasteiger partial charge < -0.3 is 11.1 Å². The highest BCUT2D eigenvalue weighted by Gasteiger charge is 2.29. The van der Waals surface area contributed by atoms with Crippen LogP contribution in [-0.4, -0.2) is 41.5 Å². The summed E-state index contributed by atoms with van der Waals surface area (Å²) in [6.07, 6.45) is 7.13. The molecule has 0 spiro atoms. The minimum atomic E-state index is -0.195. The van der Waals surface area contributed by atoms with Crippen LogP contribution in [0.25, 0.3) is 0 Å². The predicted molar refractivity (Wildman–Crippen MR) is 73.2 cm³/mol. The monoisotopic (exact) mass is 253 g/mol. The van der Waals surface area contributed by atoms with E-state index in [-0.39, 0.29) is 11.9 Å². The number of rotatable bonds is 6. The summed E-state index contributed by atoms with van der Waals surface area (Å²) in [5.74, 6) is -0.195. The summed E-state index contributed by atoms with van der Waals surface area (Å²) >= 11 is 0. The lowest BCUT2D eigenvalue weighted by Gasteiger charge is -2.39. The number of primary amides is 1. The van der Waals surface area contributed by atoms with Crippen LogP contribution in [0.4, 0.5) is 0 Å². The lowest BCUT2D eigenvalue weighted by molar-refractivity contribution is -0.120. The second-order valence-corrected chi connectivity index (χ2v) is 6.05. The molecule has 0 bridgehead atoms. The Balaban J connectivity index is 1.81. The highest BCUT2D eigenvalue weighted by Crippen LogP contribution is 2.23. The van der Waals surface area contributed by atoms with Crippen molar-refractivity contribution in [1.82, 2.24) is 10.2 Å². The highest BCUT2D eigenvalue weighted by molar-refractivity contribution is 5.79. The number of piperidine rings is 1. The first kappa shape index (κ1) is 13.8. The van der Waals surface area contributed by atoms with Gasteiger partial charge in [0.15, 0.2) is 0 Å². The lowest BCUT2D eigenvalue weighted by Crippen LogP contribution is -2.48. The molecule has 0 aromatic carbocycles. The molecule has 4 nitrogen and oxygen atoms in total. The van der Waals surface area contributed by atoms with Crippen LogP contribution < -0.4 is 11.1 Å². The summed E-state index contributed by atoms with van der Waals surface area (Å²) in [7, 11) is 0. The van der Waals surface area contributed by atoms with Crippen molar-refractivity contribution in [1.29, 1.82) is 0 Å². The molecule has 18 heavy (non-hydrogen) atoms. The second kappa shape index (κ2) is 6.02. The maximum atomic E-state index is 11.4. The minimum absolute atomic E-state index is 0.140. The van der Waals surface area contributed by atoms with E-state index in [0.29, 0.717) is 18.1 Å². The van der Waals surface area contributed by atoms with Gasteiger partial charge in [-0.15, -0.1) is 0 Å². The van der Waals surface area contributed by atoms with Gasteiger partial charge >= 0.3 is 0 Å². The van der Waals surface area contributed by atoms with E-state index in [0.717, 1.165) is 13.0 Å². The van der Waals surface area contributed by atoms with Crippen molar-refractivity contribution in [3.05, 3.63) is 0 Å². The van der Waals surface area contributed by atoms with Gasteiger partial charge in [-0.1, -0.05) is 6.42 Å². The maximum absolute atomic E-state index is 11.4. The van der Waals surface area contributed by atoms with Gasteiger partial charge in [0.05, 0.1) is 6.04 Å². The molecule has 3 N–H and O–H groups in total. The molecule has 2 aliphatic rings. The van der Waals surface area contributed by atoms with Crippen LogP contribution in [-0.2, 0) is 4.79 Å². The van der Waals surface area contributed by atoms with E-state index in [2.05, 4.69) is 24.1 Å². The van der Waals surface area contributed by atoms with Crippen LogP contribution in [0.15, 0.2) is 0 Å². The van der Waals surface area contributed by atoms with Gasteiger partial charge in [-0.2, -0.15) is 0 Å². The molecule has 1 amide bonds. The third-order valence-corrected chi connectivity index (χ3v) is 4.41. The smallest absolute Gasteiger partial charge is 0.234 e. The Bertz CT molecular complexity index is 281. The fourth-order valence-corrected chi connectivity index (χ4v) is 3.04. The topological polar surface area (TPSA) is 58.4 Å². The average molecular weight is 253 g/mol. The van der Waals surface area contributed by atoms with E-state index in [4.69, 9.17) is 5.73 Å². The second-order valence-electron chi connectivity index (χ2n) is 6.05. The molecule has 3 atom stereocenters. The summed E-state index contributed by atoms with van der Waals surface area (Å²) in [6.45, 7) is 5.57. The van der Waals surface area contributed by atoms with Crippen LogP contribution >= 0.6 is 0 Å². The number of carbonyl (C=O) groups excluding carboxylic acids is 1. The largest absolute Gasteiger partial charge is 0.368 e. The summed E-state index contributed by atoms with van der Waals surface area (Å²) in [5, 5.41) is 3.36. The number of nitrogens with two attached hydrogens (primary N) is 1. The van der Waals surface area contributed by atoms with Crippen LogP contribution in [0.3, 0.4) is 0 Å². The molecule has 3 unspecified atom stereocenters. The van der Waals surface area contributed by atoms with Crippen LogP contribution in [0.5, 0.6) is 0 Å². The zero-order valence-corrected chi connectivity index (χ0v) is 11.7. The van der Waals surface area contributed by atoms with Crippen molar-refractivity contribution in [3.8, 4) is 0 Å². The molecule has 0 radical (unpaired) electrons. The zero-order chi connectivity index (χ0) is 13.1. The van der Waals surface area contributed by atoms with Crippen molar-refractivity contribution in [2.75, 3.05) is 6.54 Å². The molecule has 4 heteroatoms. The molecular weight excluding hydrogens is 226 g/mol. The summed E-state index contributed by atoms with van der Waals surface area (Å²) in [4.78, 5) is 14.0. The van der Waals surface area contributed by atoms with Gasteiger partial charge in [0.25, 0.3) is 0 Å². The van der Waals surface area contributed by atoms with Gasteiger partial charge in [-0.25, -0.2) is 0 Å². The molecule has 1 heterocycles. The number of amides is 1. The van der Waals surface area contributed by atoms with Crippen molar-refractivity contribution in [3.63, 3.8) is 0 Å². The summed E-state index contributed by atoms with van der Waals surface area (Å²) in [5.41, 5.74) is 5.48. The molecular formula is C14H27N3O. The van der Waals surface area contributed by atoms with Gasteiger partial charge in [-0.05, 0) is 46.0 Å². The Labute approximate surface area is 110 Å². The lowest BCUT2D eigenvalue weighted by atomic mass is 9.97. The Morgan fingerprint density at radius 3 is 2.39 bits per heavy atom. The molecule has 0 aromatic heterocycles. The third kappa shape index (κ3) is 3.69. The van der Waals surface area contributed by atoms with Crippen LogP contribution in [0, 0.1) is 0 Å². The number of hydrogen-bond donors (Lipinski definition) is 2. The Morgan fingerprint density at radius 1 is 1.28 bits per heavy atom. The highest BCUT2D eigenvalue weighted by atomic mass is 16.1. The quantitative estimate of drug-likeness (QED) is 0.749. The first-order valence-corrected chi connectivity index (χ1v) is 7.39. The summed E-state index contributed by atoms with van der Waals surface area (Å²) in [6, 6.07) is 1.68. The first-order chi connectivity index (χ1) is 8.58. The fraction of sp³-hybridized carbons (Fsp3) is 0.929. The zero-order valence-electron chi connectivity index (χ0n) is 11.7. The standard InChI is InChI=1S/C14H27N3O/c1-10-4-3-5-11(2)17(10)9-8-13(14(15)18)16-12-6-7-12/h10-13,16H,3-9H2,1-2H3,(H2,15,18). The number of nitrogens with one attached hydrogen (secondary N) is 1. The van der Waals surface area contributed by atoms with Crippen LogP contribution in [0.1, 0.15) is 52.4 Å². The first-order valence-electron chi connectivity index (χ1n) is 7.39. The fourth-order valence-electron chi connectivity index (χ4n) is 3.04. The van der Waals surface area contributed by atoms with Gasteiger partial charge in [0.1, 0.15) is 0 Å². The van der Waals surface area contributed by atoms with Gasteiger partial charge in [-0.3, -0.25) is 9.69 Å². The summed E-state index contributed by atoms with van der Waals surface area (Å²) < 4.78 is 0. The van der Waals surface area contributed by atoms with E-state index in [1.165, 1.54) is 32.1 Å². The third-order valence-electron chi connectivity index (χ3n) is 4.41. The normalized spacial score (nSPS) is 31.2. The van der Waals surface area contributed by atoms with Gasteiger partial charge in [0, 0.05) is 24.7 Å². The van der Waals surface area contributed by atoms with E-state index >= 15 is 0 Å².